The van der Waals surface area contributed by atoms with Gasteiger partial charge in [-0.2, -0.15) is 0 Å². The molecule has 0 radical (unpaired) electrons. The number of hydrogen-bond donors (Lipinski definition) is 3. The summed E-state index contributed by atoms with van der Waals surface area (Å²) in [6.07, 6.45) is 0. The minimum absolute atomic E-state index is 0.296. The minimum atomic E-state index is -2.42. The number of anilines is 2. The quantitative estimate of drug-likeness (QED) is 0.740. The van der Waals surface area contributed by atoms with Crippen LogP contribution in [0, 0.1) is 0 Å². The Bertz CT molecular complexity index is 500. The molecule has 0 bridgehead atoms. The van der Waals surface area contributed by atoms with Crippen molar-refractivity contribution in [2.45, 2.75) is 0 Å². The molecule has 1 aliphatic rings. The molecule has 1 unspecified atom stereocenters. The molecule has 0 spiro atoms. The largest absolute Gasteiger partial charge is 0.755 e. The molecule has 1 aliphatic heterocycles. The van der Waals surface area contributed by atoms with Crippen molar-refractivity contribution in [1.29, 1.82) is 0 Å². The molecule has 2 rings (SSSR count). The molecule has 18 heavy (non-hydrogen) atoms. The number of rotatable bonds is 3. The molecule has 0 saturated carbocycles. The molecule has 0 aromatic heterocycles. The van der Waals surface area contributed by atoms with Crippen LogP contribution < -0.4 is 15.4 Å². The Morgan fingerprint density at radius 2 is 2.06 bits per heavy atom. The first kappa shape index (κ1) is 13.4. The first-order valence-corrected chi connectivity index (χ1v) is 6.79. The van der Waals surface area contributed by atoms with Gasteiger partial charge in [0.2, 0.25) is 0 Å². The van der Waals surface area contributed by atoms with Gasteiger partial charge in [0.25, 0.3) is 0 Å². The minimum Gasteiger partial charge on any atom is -0.755 e. The summed E-state index contributed by atoms with van der Waals surface area (Å²) in [5.74, 6) is 0.590. The van der Waals surface area contributed by atoms with Crippen molar-refractivity contribution in [2.75, 3.05) is 23.1 Å². The molecule has 1 atom stereocenters. The van der Waals surface area contributed by atoms with Gasteiger partial charge in [0.05, 0.1) is 22.3 Å². The van der Waals surface area contributed by atoms with Crippen LogP contribution in [0.2, 0.25) is 10.0 Å². The maximum atomic E-state index is 10.5. The van der Waals surface area contributed by atoms with Crippen LogP contribution >= 0.6 is 23.2 Å². The van der Waals surface area contributed by atoms with Gasteiger partial charge < -0.3 is 19.9 Å². The standard InChI is InChI=1S/C9H10Cl2N4O2S/c10-6-3-5(15-18(16)17)4-7(11)8(6)14-9-12-1-2-13-9/h3-4,15H,1-2H2,(H,16,17)(H2,12,13,14)/p-1. The Morgan fingerprint density at radius 3 is 2.56 bits per heavy atom. The number of nitrogens with one attached hydrogen (secondary N) is 3. The highest BCUT2D eigenvalue weighted by Crippen LogP contribution is 2.34. The third-order valence-electron chi connectivity index (χ3n) is 2.16. The van der Waals surface area contributed by atoms with Gasteiger partial charge in [-0.1, -0.05) is 23.2 Å². The molecule has 1 aromatic rings. The molecule has 0 fully saturated rings. The predicted molar refractivity (Wildman–Crippen MR) is 72.9 cm³/mol. The average Bonchev–Trinajstić information content (AvgIpc) is 2.75. The van der Waals surface area contributed by atoms with E-state index < -0.39 is 11.3 Å². The number of halogens is 2. The van der Waals surface area contributed by atoms with Crippen LogP contribution in [0.25, 0.3) is 0 Å². The van der Waals surface area contributed by atoms with Gasteiger partial charge >= 0.3 is 0 Å². The Labute approximate surface area is 116 Å². The van der Waals surface area contributed by atoms with Crippen LogP contribution in [-0.4, -0.2) is 27.8 Å². The van der Waals surface area contributed by atoms with Crippen LogP contribution in [0.4, 0.5) is 11.4 Å². The molecular weight excluding hydrogens is 299 g/mol. The van der Waals surface area contributed by atoms with Crippen molar-refractivity contribution in [3.05, 3.63) is 22.2 Å². The molecule has 6 nitrogen and oxygen atoms in total. The zero-order valence-corrected chi connectivity index (χ0v) is 11.3. The molecule has 3 N–H and O–H groups in total. The lowest BCUT2D eigenvalue weighted by molar-refractivity contribution is 0.542. The Balaban J connectivity index is 2.23. The first-order chi connectivity index (χ1) is 8.56. The van der Waals surface area contributed by atoms with Crippen LogP contribution in [0.15, 0.2) is 17.1 Å². The van der Waals surface area contributed by atoms with Crippen molar-refractivity contribution in [1.82, 2.24) is 5.32 Å². The second-order valence-electron chi connectivity index (χ2n) is 3.43. The summed E-state index contributed by atoms with van der Waals surface area (Å²) < 4.78 is 23.2. The van der Waals surface area contributed by atoms with Gasteiger partial charge in [0.1, 0.15) is 0 Å². The van der Waals surface area contributed by atoms with Gasteiger partial charge in [0.15, 0.2) is 5.96 Å². The van der Waals surface area contributed by atoms with E-state index in [-0.39, 0.29) is 0 Å². The first-order valence-electron chi connectivity index (χ1n) is 4.96. The van der Waals surface area contributed by atoms with Crippen LogP contribution in [0.1, 0.15) is 0 Å². The number of aliphatic imine (C=N–C) groups is 1. The molecule has 1 aromatic carbocycles. The summed E-state index contributed by atoms with van der Waals surface area (Å²) in [6.45, 7) is 1.44. The van der Waals surface area contributed by atoms with E-state index in [4.69, 9.17) is 23.2 Å². The number of hydrogen-bond acceptors (Lipinski definition) is 5. The second kappa shape index (κ2) is 5.75. The van der Waals surface area contributed by atoms with E-state index in [0.29, 0.717) is 33.9 Å². The lowest BCUT2D eigenvalue weighted by Gasteiger charge is -2.14. The van der Waals surface area contributed by atoms with Crippen molar-refractivity contribution in [3.8, 4) is 0 Å². The van der Waals surface area contributed by atoms with Crippen LogP contribution in [0.3, 0.4) is 0 Å². The molecule has 0 aliphatic carbocycles. The lowest BCUT2D eigenvalue weighted by Crippen LogP contribution is -2.26. The maximum Gasteiger partial charge on any atom is 0.196 e. The highest BCUT2D eigenvalue weighted by molar-refractivity contribution is 7.80. The summed E-state index contributed by atoms with van der Waals surface area (Å²) in [4.78, 5) is 4.15. The van der Waals surface area contributed by atoms with Crippen molar-refractivity contribution < 1.29 is 8.76 Å². The average molecular weight is 308 g/mol. The fraction of sp³-hybridized carbons (Fsp3) is 0.222. The monoisotopic (exact) mass is 307 g/mol. The zero-order chi connectivity index (χ0) is 13.1. The van der Waals surface area contributed by atoms with Gasteiger partial charge in [0, 0.05) is 23.5 Å². The number of guanidine groups is 1. The zero-order valence-electron chi connectivity index (χ0n) is 9.00. The number of benzene rings is 1. The van der Waals surface area contributed by atoms with Crippen molar-refractivity contribution in [3.63, 3.8) is 0 Å². The normalized spacial score (nSPS) is 15.8. The van der Waals surface area contributed by atoms with Crippen LogP contribution in [0.5, 0.6) is 0 Å². The highest BCUT2D eigenvalue weighted by Gasteiger charge is 2.12. The topological polar surface area (TPSA) is 88.6 Å². The van der Waals surface area contributed by atoms with E-state index in [0.717, 1.165) is 6.54 Å². The highest BCUT2D eigenvalue weighted by atomic mass is 35.5. The molecule has 98 valence electrons. The van der Waals surface area contributed by atoms with E-state index in [1.54, 1.807) is 0 Å². The van der Waals surface area contributed by atoms with Gasteiger partial charge in [-0.05, 0) is 12.1 Å². The predicted octanol–water partition coefficient (Wildman–Crippen LogP) is 1.57. The van der Waals surface area contributed by atoms with Crippen molar-refractivity contribution >= 4 is 51.8 Å². The van der Waals surface area contributed by atoms with E-state index in [2.05, 4.69) is 20.3 Å². The third kappa shape index (κ3) is 3.26. The molecule has 0 amide bonds. The third-order valence-corrected chi connectivity index (χ3v) is 3.16. The Kier molecular flexibility index (Phi) is 4.28. The van der Waals surface area contributed by atoms with Gasteiger partial charge in [-0.15, -0.1) is 0 Å². The van der Waals surface area contributed by atoms with Crippen molar-refractivity contribution in [2.24, 2.45) is 4.99 Å². The SMILES string of the molecule is O=S([O-])Nc1cc(Cl)c(NC2=NCCN2)c(Cl)c1. The summed E-state index contributed by atoms with van der Waals surface area (Å²) >= 11 is 9.63. The van der Waals surface area contributed by atoms with E-state index in [9.17, 15) is 8.76 Å². The molecule has 9 heteroatoms. The maximum absolute atomic E-state index is 10.5. The van der Waals surface area contributed by atoms with Gasteiger partial charge in [-0.25, -0.2) is 0 Å². The fourth-order valence-corrected chi connectivity index (χ4v) is 2.34. The van der Waals surface area contributed by atoms with E-state index in [1.165, 1.54) is 12.1 Å². The number of nitrogens with zero attached hydrogens (tertiary/aromatic N) is 1. The smallest absolute Gasteiger partial charge is 0.196 e. The van der Waals surface area contributed by atoms with E-state index in [1.807, 2.05) is 0 Å². The summed E-state index contributed by atoms with van der Waals surface area (Å²) in [6, 6.07) is 2.92. The summed E-state index contributed by atoms with van der Waals surface area (Å²) in [5.41, 5.74) is 0.777. The summed E-state index contributed by atoms with van der Waals surface area (Å²) in [7, 11) is 0. The second-order valence-corrected chi connectivity index (χ2v) is 4.92. The lowest BCUT2D eigenvalue weighted by atomic mass is 10.3. The summed E-state index contributed by atoms with van der Waals surface area (Å²) in [5, 5.41) is 6.56. The Morgan fingerprint density at radius 1 is 1.39 bits per heavy atom. The van der Waals surface area contributed by atoms with Gasteiger partial charge in [-0.3, -0.25) is 9.20 Å². The van der Waals surface area contributed by atoms with E-state index >= 15 is 0 Å². The molecule has 0 saturated heterocycles. The molecule has 1 heterocycles. The Hall–Kier alpha value is -1.02. The van der Waals surface area contributed by atoms with Crippen LogP contribution in [-0.2, 0) is 11.3 Å². The molecular formula is C9H9Cl2N4O2S-. The fourth-order valence-electron chi connectivity index (χ4n) is 1.45.